The summed E-state index contributed by atoms with van der Waals surface area (Å²) in [5, 5.41) is 6.19. The first-order valence-corrected chi connectivity index (χ1v) is 20.0. The highest BCUT2D eigenvalue weighted by molar-refractivity contribution is 8.00. The molecular weight excluding hydrogens is 697 g/mol. The Hall–Kier alpha value is -6.81. The summed E-state index contributed by atoms with van der Waals surface area (Å²) < 4.78 is 0. The maximum Gasteiger partial charge on any atom is 0.160 e. The Balaban J connectivity index is 1.07. The number of hydrogen-bond acceptors (Lipinski definition) is 3. The molecule has 56 heavy (non-hydrogen) atoms. The lowest BCUT2D eigenvalue weighted by atomic mass is 9.66. The average molecular weight is 729 g/mol. The fourth-order valence-electron chi connectivity index (χ4n) is 9.42. The van der Waals surface area contributed by atoms with Crippen LogP contribution in [0.5, 0.6) is 0 Å². The molecule has 0 saturated heterocycles. The van der Waals surface area contributed by atoms with Crippen molar-refractivity contribution in [1.29, 1.82) is 0 Å². The summed E-state index contributed by atoms with van der Waals surface area (Å²) in [6.07, 6.45) is 0. The predicted octanol–water partition coefficient (Wildman–Crippen LogP) is 13.8. The van der Waals surface area contributed by atoms with Crippen LogP contribution in [0, 0.1) is 0 Å². The third-order valence-electron chi connectivity index (χ3n) is 11.9. The number of hydrogen-bond donors (Lipinski definition) is 0. The minimum atomic E-state index is -0.487. The second-order valence-electron chi connectivity index (χ2n) is 14.8. The van der Waals surface area contributed by atoms with Gasteiger partial charge in [0.25, 0.3) is 0 Å². The molecule has 0 radical (unpaired) electrons. The van der Waals surface area contributed by atoms with E-state index in [-0.39, 0.29) is 0 Å². The van der Waals surface area contributed by atoms with Gasteiger partial charge in [-0.3, -0.25) is 0 Å². The van der Waals surface area contributed by atoms with E-state index in [1.54, 1.807) is 0 Å². The van der Waals surface area contributed by atoms with Crippen LogP contribution in [0.1, 0.15) is 22.3 Å². The first-order chi connectivity index (χ1) is 27.8. The molecule has 0 fully saturated rings. The fraction of sp³-hybridized carbons (Fsp3) is 0.0189. The van der Waals surface area contributed by atoms with Gasteiger partial charge < -0.3 is 0 Å². The van der Waals surface area contributed by atoms with Crippen LogP contribution in [0.2, 0.25) is 0 Å². The molecule has 0 N–H and O–H groups in total. The Bertz CT molecular complexity index is 3140. The van der Waals surface area contributed by atoms with Gasteiger partial charge in [0.2, 0.25) is 0 Å². The molecule has 10 aromatic rings. The largest absolute Gasteiger partial charge is 0.228 e. The molecule has 0 saturated carbocycles. The molecule has 260 valence electrons. The third kappa shape index (κ3) is 4.46. The van der Waals surface area contributed by atoms with Gasteiger partial charge in [-0.05, 0) is 78.2 Å². The monoisotopic (exact) mass is 728 g/mol. The molecule has 12 rings (SSSR count). The van der Waals surface area contributed by atoms with E-state index in [9.17, 15) is 0 Å². The number of fused-ring (bicyclic) bond motifs is 14. The zero-order chi connectivity index (χ0) is 36.8. The summed E-state index contributed by atoms with van der Waals surface area (Å²) in [7, 11) is 0. The van der Waals surface area contributed by atoms with E-state index < -0.39 is 5.41 Å². The van der Waals surface area contributed by atoms with Crippen LogP contribution in [0.3, 0.4) is 0 Å². The lowest BCUT2D eigenvalue weighted by Gasteiger charge is -2.40. The van der Waals surface area contributed by atoms with E-state index in [1.807, 2.05) is 36.0 Å². The van der Waals surface area contributed by atoms with Crippen LogP contribution >= 0.6 is 11.8 Å². The second kappa shape index (κ2) is 12.1. The number of nitrogens with zero attached hydrogens (tertiary/aromatic N) is 2. The number of benzene rings is 9. The summed E-state index contributed by atoms with van der Waals surface area (Å²) in [5.41, 5.74) is 13.8. The van der Waals surface area contributed by atoms with Gasteiger partial charge in [-0.1, -0.05) is 194 Å². The zero-order valence-corrected chi connectivity index (χ0v) is 31.1. The molecular formula is C53H32N2S. The van der Waals surface area contributed by atoms with Crippen molar-refractivity contribution < 1.29 is 0 Å². The quantitative estimate of drug-likeness (QED) is 0.181. The standard InChI is InChI=1S/C53H32N2S/c1-2-14-37(15-3-1)52-54-48-21-11-9-19-43(48)49(55-52)36-24-22-33(23-25-36)38-26-29-42-41-18-8-10-20-44(41)53(47(42)32-38)45-30-27-34-12-4-6-16-39(34)50(45)56-51-40-17-7-5-13-35(40)28-31-46(51)53/h1-32H. The van der Waals surface area contributed by atoms with Crippen molar-refractivity contribution in [2.45, 2.75) is 15.2 Å². The van der Waals surface area contributed by atoms with Gasteiger partial charge in [-0.15, -0.1) is 0 Å². The van der Waals surface area contributed by atoms with E-state index in [1.165, 1.54) is 75.8 Å². The number of aromatic nitrogens is 2. The molecule has 3 heteroatoms. The van der Waals surface area contributed by atoms with Crippen molar-refractivity contribution >= 4 is 44.2 Å². The van der Waals surface area contributed by atoms with E-state index in [0.717, 1.165) is 33.5 Å². The molecule has 1 aliphatic heterocycles. The Labute approximate surface area is 329 Å². The molecule has 0 atom stereocenters. The average Bonchev–Trinajstić information content (AvgIpc) is 3.56. The highest BCUT2D eigenvalue weighted by atomic mass is 32.2. The van der Waals surface area contributed by atoms with Crippen molar-refractivity contribution in [2.75, 3.05) is 0 Å². The van der Waals surface area contributed by atoms with Crippen LogP contribution in [0.15, 0.2) is 204 Å². The normalized spacial score (nSPS) is 13.4. The first kappa shape index (κ1) is 31.5. The maximum absolute atomic E-state index is 5.14. The van der Waals surface area contributed by atoms with E-state index >= 15 is 0 Å². The molecule has 0 unspecified atom stereocenters. The Morgan fingerprint density at radius 1 is 0.357 bits per heavy atom. The topological polar surface area (TPSA) is 25.8 Å². The Kier molecular flexibility index (Phi) is 6.81. The SMILES string of the molecule is c1ccc(-c2nc(-c3ccc(-c4ccc5c(c4)C4(c6ccccc6-5)c5ccc6ccccc6c5Sc5c4ccc4ccccc54)cc3)c3ccccc3n2)cc1. The highest BCUT2D eigenvalue weighted by Crippen LogP contribution is 2.64. The van der Waals surface area contributed by atoms with Crippen molar-refractivity contribution in [2.24, 2.45) is 0 Å². The van der Waals surface area contributed by atoms with Crippen molar-refractivity contribution in [1.82, 2.24) is 9.97 Å². The van der Waals surface area contributed by atoms with Crippen molar-refractivity contribution in [3.63, 3.8) is 0 Å². The molecule has 1 spiro atoms. The van der Waals surface area contributed by atoms with Gasteiger partial charge in [0.15, 0.2) is 5.82 Å². The molecule has 2 nitrogen and oxygen atoms in total. The second-order valence-corrected chi connectivity index (χ2v) is 15.9. The smallest absolute Gasteiger partial charge is 0.160 e. The number of para-hydroxylation sites is 1. The summed E-state index contributed by atoms with van der Waals surface area (Å²) in [5.74, 6) is 0.735. The summed E-state index contributed by atoms with van der Waals surface area (Å²) >= 11 is 1.94. The maximum atomic E-state index is 5.14. The van der Waals surface area contributed by atoms with Gasteiger partial charge in [0, 0.05) is 26.3 Å². The van der Waals surface area contributed by atoms with Crippen molar-refractivity contribution in [3.8, 4) is 44.9 Å². The lowest BCUT2D eigenvalue weighted by molar-refractivity contribution is 0.729. The summed E-state index contributed by atoms with van der Waals surface area (Å²) in [6, 6.07) is 70.9. The van der Waals surface area contributed by atoms with Crippen LogP contribution < -0.4 is 0 Å². The molecule has 2 aliphatic rings. The van der Waals surface area contributed by atoms with Gasteiger partial charge in [-0.25, -0.2) is 9.97 Å². The van der Waals surface area contributed by atoms with E-state index in [0.29, 0.717) is 0 Å². The van der Waals surface area contributed by atoms with Crippen LogP contribution in [-0.2, 0) is 5.41 Å². The lowest BCUT2D eigenvalue weighted by Crippen LogP contribution is -2.32. The minimum Gasteiger partial charge on any atom is -0.228 e. The molecule has 1 aliphatic carbocycles. The van der Waals surface area contributed by atoms with Crippen LogP contribution in [-0.4, -0.2) is 9.97 Å². The van der Waals surface area contributed by atoms with Crippen LogP contribution in [0.4, 0.5) is 0 Å². The Morgan fingerprint density at radius 3 is 1.66 bits per heavy atom. The predicted molar refractivity (Wildman–Crippen MR) is 232 cm³/mol. The summed E-state index contributed by atoms with van der Waals surface area (Å²) in [6.45, 7) is 0. The fourth-order valence-corrected chi connectivity index (χ4v) is 10.9. The molecule has 9 aromatic carbocycles. The van der Waals surface area contributed by atoms with Gasteiger partial charge >= 0.3 is 0 Å². The highest BCUT2D eigenvalue weighted by Gasteiger charge is 2.51. The molecule has 0 amide bonds. The van der Waals surface area contributed by atoms with Gasteiger partial charge in [0.05, 0.1) is 16.6 Å². The molecule has 0 bridgehead atoms. The van der Waals surface area contributed by atoms with Gasteiger partial charge in [-0.2, -0.15) is 0 Å². The van der Waals surface area contributed by atoms with E-state index in [4.69, 9.17) is 9.97 Å². The molecule has 2 heterocycles. The third-order valence-corrected chi connectivity index (χ3v) is 13.2. The zero-order valence-electron chi connectivity index (χ0n) is 30.3. The van der Waals surface area contributed by atoms with Crippen molar-refractivity contribution in [3.05, 3.63) is 216 Å². The van der Waals surface area contributed by atoms with Crippen LogP contribution in [0.25, 0.3) is 77.3 Å². The molecule has 1 aromatic heterocycles. The minimum absolute atomic E-state index is 0.487. The first-order valence-electron chi connectivity index (χ1n) is 19.2. The number of rotatable bonds is 3. The van der Waals surface area contributed by atoms with E-state index in [2.05, 4.69) is 170 Å². The Morgan fingerprint density at radius 2 is 0.929 bits per heavy atom. The summed E-state index contributed by atoms with van der Waals surface area (Å²) in [4.78, 5) is 12.8. The van der Waals surface area contributed by atoms with Gasteiger partial charge in [0.1, 0.15) is 0 Å².